The third-order valence-corrected chi connectivity index (χ3v) is 4.92. The molecule has 0 atom stereocenters. The molecule has 1 aromatic carbocycles. The number of carboxylic acids is 1. The summed E-state index contributed by atoms with van der Waals surface area (Å²) in [6, 6.07) is 2.64. The summed E-state index contributed by atoms with van der Waals surface area (Å²) >= 11 is 1.32. The Kier molecular flexibility index (Phi) is 4.35. The first-order chi connectivity index (χ1) is 9.79. The molecular formula is C12H11FN2O4S2. The van der Waals surface area contributed by atoms with E-state index < -0.39 is 26.7 Å². The van der Waals surface area contributed by atoms with E-state index in [1.807, 2.05) is 0 Å². The van der Waals surface area contributed by atoms with Crippen LogP contribution in [0.3, 0.4) is 0 Å². The molecule has 0 aliphatic carbocycles. The zero-order valence-corrected chi connectivity index (χ0v) is 12.5. The van der Waals surface area contributed by atoms with Crippen LogP contribution in [0.15, 0.2) is 29.3 Å². The number of aryl methyl sites for hydroxylation is 1. The van der Waals surface area contributed by atoms with Crippen LogP contribution in [0.5, 0.6) is 0 Å². The van der Waals surface area contributed by atoms with Gasteiger partial charge < -0.3 is 5.11 Å². The number of rotatable bonds is 5. The minimum Gasteiger partial charge on any atom is -0.478 e. The third-order valence-electron chi connectivity index (χ3n) is 2.57. The Labute approximate surface area is 124 Å². The van der Waals surface area contributed by atoms with E-state index in [2.05, 4.69) is 9.71 Å². The quantitative estimate of drug-likeness (QED) is 0.871. The van der Waals surface area contributed by atoms with Crippen LogP contribution in [0.2, 0.25) is 0 Å². The van der Waals surface area contributed by atoms with E-state index in [1.165, 1.54) is 17.5 Å². The van der Waals surface area contributed by atoms with Gasteiger partial charge in [0, 0.05) is 17.6 Å². The number of carbonyl (C=O) groups is 1. The summed E-state index contributed by atoms with van der Waals surface area (Å²) in [7, 11) is -4.06. The molecule has 0 spiro atoms. The highest BCUT2D eigenvalue weighted by Gasteiger charge is 2.20. The summed E-state index contributed by atoms with van der Waals surface area (Å²) < 4.78 is 40.0. The van der Waals surface area contributed by atoms with Crippen molar-refractivity contribution in [1.29, 1.82) is 0 Å². The molecule has 0 aliphatic rings. The molecule has 0 saturated heterocycles. The van der Waals surface area contributed by atoms with Crippen molar-refractivity contribution in [2.75, 3.05) is 0 Å². The van der Waals surface area contributed by atoms with Crippen molar-refractivity contribution in [3.05, 3.63) is 45.7 Å². The number of thiazole rings is 1. The largest absolute Gasteiger partial charge is 0.478 e. The monoisotopic (exact) mass is 330 g/mol. The average molecular weight is 330 g/mol. The second-order valence-electron chi connectivity index (χ2n) is 4.12. The average Bonchev–Trinajstić information content (AvgIpc) is 2.82. The van der Waals surface area contributed by atoms with Crippen LogP contribution in [-0.4, -0.2) is 24.5 Å². The lowest BCUT2D eigenvalue weighted by Gasteiger charge is -2.07. The molecule has 21 heavy (non-hydrogen) atoms. The van der Waals surface area contributed by atoms with Gasteiger partial charge in [0.1, 0.15) is 10.7 Å². The Hall–Kier alpha value is -1.84. The van der Waals surface area contributed by atoms with E-state index in [-0.39, 0.29) is 12.1 Å². The standard InChI is InChI=1S/C12H11FN2O4S2/c1-7-14-5-9(20-7)6-15-21(18,19)11-3-2-8(12(16)17)4-10(11)13/h2-5,15H,6H2,1H3,(H,16,17). The highest BCUT2D eigenvalue weighted by molar-refractivity contribution is 7.89. The maximum atomic E-state index is 13.7. The van der Waals surface area contributed by atoms with Crippen LogP contribution < -0.4 is 4.72 Å². The predicted molar refractivity (Wildman–Crippen MR) is 74.2 cm³/mol. The van der Waals surface area contributed by atoms with Crippen LogP contribution >= 0.6 is 11.3 Å². The van der Waals surface area contributed by atoms with E-state index in [0.29, 0.717) is 10.9 Å². The van der Waals surface area contributed by atoms with Gasteiger partial charge in [-0.25, -0.2) is 27.3 Å². The van der Waals surface area contributed by atoms with Gasteiger partial charge in [-0.05, 0) is 25.1 Å². The number of nitrogens with zero attached hydrogens (tertiary/aromatic N) is 1. The number of benzene rings is 1. The van der Waals surface area contributed by atoms with Crippen LogP contribution in [-0.2, 0) is 16.6 Å². The smallest absolute Gasteiger partial charge is 0.335 e. The lowest BCUT2D eigenvalue weighted by Crippen LogP contribution is -2.24. The molecule has 0 amide bonds. The number of nitrogens with one attached hydrogen (secondary N) is 1. The molecule has 2 rings (SSSR count). The second kappa shape index (κ2) is 5.88. The van der Waals surface area contributed by atoms with Crippen molar-refractivity contribution in [2.24, 2.45) is 0 Å². The molecule has 9 heteroatoms. The highest BCUT2D eigenvalue weighted by Crippen LogP contribution is 2.17. The summed E-state index contributed by atoms with van der Waals surface area (Å²) in [5.74, 6) is -2.44. The highest BCUT2D eigenvalue weighted by atomic mass is 32.2. The van der Waals surface area contributed by atoms with Gasteiger partial charge in [0.2, 0.25) is 10.0 Å². The summed E-state index contributed by atoms with van der Waals surface area (Å²) in [6.45, 7) is 1.78. The lowest BCUT2D eigenvalue weighted by molar-refractivity contribution is 0.0696. The number of sulfonamides is 1. The Balaban J connectivity index is 2.21. The topological polar surface area (TPSA) is 96.4 Å². The first kappa shape index (κ1) is 15.5. The van der Waals surface area contributed by atoms with Gasteiger partial charge >= 0.3 is 5.97 Å². The molecule has 0 radical (unpaired) electrons. The van der Waals surface area contributed by atoms with Crippen molar-refractivity contribution >= 4 is 27.3 Å². The number of aromatic carboxylic acids is 1. The van der Waals surface area contributed by atoms with Gasteiger partial charge in [-0.15, -0.1) is 11.3 Å². The first-order valence-electron chi connectivity index (χ1n) is 5.73. The Morgan fingerprint density at radius 2 is 2.19 bits per heavy atom. The van der Waals surface area contributed by atoms with Crippen molar-refractivity contribution in [1.82, 2.24) is 9.71 Å². The van der Waals surface area contributed by atoms with Gasteiger partial charge in [0.05, 0.1) is 10.6 Å². The number of hydrogen-bond acceptors (Lipinski definition) is 5. The zero-order valence-electron chi connectivity index (χ0n) is 10.8. The van der Waals surface area contributed by atoms with E-state index in [1.54, 1.807) is 6.92 Å². The molecule has 2 aromatic rings. The summed E-state index contributed by atoms with van der Waals surface area (Å²) in [5, 5.41) is 9.51. The summed E-state index contributed by atoms with van der Waals surface area (Å²) in [5.41, 5.74) is -0.315. The van der Waals surface area contributed by atoms with Crippen LogP contribution in [0, 0.1) is 12.7 Å². The Morgan fingerprint density at radius 3 is 2.71 bits per heavy atom. The molecule has 0 aliphatic heterocycles. The van der Waals surface area contributed by atoms with Gasteiger partial charge in [-0.1, -0.05) is 0 Å². The molecule has 6 nitrogen and oxygen atoms in total. The van der Waals surface area contributed by atoms with Crippen molar-refractivity contribution < 1.29 is 22.7 Å². The van der Waals surface area contributed by atoms with Gasteiger partial charge in [0.15, 0.2) is 0 Å². The minimum atomic E-state index is -4.06. The van der Waals surface area contributed by atoms with Crippen molar-refractivity contribution in [3.8, 4) is 0 Å². The molecular weight excluding hydrogens is 319 g/mol. The molecule has 0 saturated carbocycles. The second-order valence-corrected chi connectivity index (χ2v) is 7.18. The Morgan fingerprint density at radius 1 is 1.48 bits per heavy atom. The number of hydrogen-bond donors (Lipinski definition) is 2. The fourth-order valence-corrected chi connectivity index (χ4v) is 3.47. The molecule has 1 aromatic heterocycles. The zero-order chi connectivity index (χ0) is 15.6. The van der Waals surface area contributed by atoms with Crippen LogP contribution in [0.1, 0.15) is 20.2 Å². The van der Waals surface area contributed by atoms with Crippen LogP contribution in [0.25, 0.3) is 0 Å². The van der Waals surface area contributed by atoms with E-state index in [4.69, 9.17) is 5.11 Å². The SMILES string of the molecule is Cc1ncc(CNS(=O)(=O)c2ccc(C(=O)O)cc2F)s1. The molecule has 1 heterocycles. The third kappa shape index (κ3) is 3.63. The lowest BCUT2D eigenvalue weighted by atomic mass is 10.2. The van der Waals surface area contributed by atoms with E-state index in [9.17, 15) is 17.6 Å². The van der Waals surface area contributed by atoms with Crippen molar-refractivity contribution in [3.63, 3.8) is 0 Å². The van der Waals surface area contributed by atoms with Gasteiger partial charge in [-0.2, -0.15) is 0 Å². The molecule has 112 valence electrons. The van der Waals surface area contributed by atoms with E-state index >= 15 is 0 Å². The fourth-order valence-electron chi connectivity index (χ4n) is 1.58. The number of halogens is 1. The Bertz CT molecular complexity index is 786. The minimum absolute atomic E-state index is 0.00599. The number of carboxylic acid groups (broad SMARTS) is 1. The molecule has 0 bridgehead atoms. The molecule has 2 N–H and O–H groups in total. The predicted octanol–water partition coefficient (Wildman–Crippen LogP) is 1.77. The van der Waals surface area contributed by atoms with Crippen LogP contribution in [0.4, 0.5) is 4.39 Å². The van der Waals surface area contributed by atoms with Gasteiger partial charge in [0.25, 0.3) is 0 Å². The first-order valence-corrected chi connectivity index (χ1v) is 8.03. The fraction of sp³-hybridized carbons (Fsp3) is 0.167. The molecule has 0 unspecified atom stereocenters. The summed E-state index contributed by atoms with van der Waals surface area (Å²) in [4.78, 5) is 14.8. The van der Waals surface area contributed by atoms with Gasteiger partial charge in [-0.3, -0.25) is 0 Å². The normalized spacial score (nSPS) is 11.5. The maximum absolute atomic E-state index is 13.7. The van der Waals surface area contributed by atoms with Crippen molar-refractivity contribution in [2.45, 2.75) is 18.4 Å². The summed E-state index contributed by atoms with van der Waals surface area (Å²) in [6.07, 6.45) is 1.53. The molecule has 0 fully saturated rings. The number of aromatic nitrogens is 1. The maximum Gasteiger partial charge on any atom is 0.335 e. The van der Waals surface area contributed by atoms with E-state index in [0.717, 1.165) is 17.1 Å².